The van der Waals surface area contributed by atoms with Gasteiger partial charge in [0.25, 0.3) is 0 Å². The first kappa shape index (κ1) is 20.5. The third kappa shape index (κ3) is 4.18. The monoisotopic (exact) mass is 444 g/mol. The molecule has 162 valence electrons. The van der Waals surface area contributed by atoms with Gasteiger partial charge in [-0.15, -0.1) is 0 Å². The van der Waals surface area contributed by atoms with E-state index in [1.54, 1.807) is 24.9 Å². The van der Waals surface area contributed by atoms with Crippen LogP contribution in [0.5, 0.6) is 0 Å². The Morgan fingerprint density at radius 2 is 1.75 bits per heavy atom. The van der Waals surface area contributed by atoms with Crippen LogP contribution < -0.4 is 10.2 Å². The van der Waals surface area contributed by atoms with Crippen LogP contribution in [0, 0.1) is 0 Å². The lowest BCUT2D eigenvalue weighted by Crippen LogP contribution is -2.21. The summed E-state index contributed by atoms with van der Waals surface area (Å²) in [6.07, 6.45) is 13.1. The van der Waals surface area contributed by atoms with E-state index in [0.717, 1.165) is 71.3 Å². The van der Waals surface area contributed by atoms with Gasteiger partial charge < -0.3 is 14.6 Å². The topological polar surface area (TPSA) is 80.0 Å². The van der Waals surface area contributed by atoms with E-state index in [1.165, 1.54) is 11.8 Å². The van der Waals surface area contributed by atoms with Crippen LogP contribution in [0.1, 0.15) is 19.8 Å². The molecule has 5 rings (SSSR count). The number of pyridine rings is 2. The number of nitrogens with zero attached hydrogens (tertiary/aromatic N) is 5. The van der Waals surface area contributed by atoms with Gasteiger partial charge in [-0.1, -0.05) is 6.07 Å². The molecule has 4 aromatic rings. The Balaban J connectivity index is 1.69. The van der Waals surface area contributed by atoms with E-state index in [0.29, 0.717) is 5.16 Å². The lowest BCUT2D eigenvalue weighted by atomic mass is 10.0. The van der Waals surface area contributed by atoms with Crippen molar-refractivity contribution in [1.82, 2.24) is 19.9 Å². The van der Waals surface area contributed by atoms with Gasteiger partial charge in [-0.05, 0) is 49.7 Å². The largest absolute Gasteiger partial charge is 0.469 e. The molecular weight excluding hydrogens is 420 g/mol. The first-order chi connectivity index (χ1) is 15.8. The molecule has 0 spiro atoms. The van der Waals surface area contributed by atoms with Crippen molar-refractivity contribution >= 4 is 23.3 Å². The summed E-state index contributed by atoms with van der Waals surface area (Å²) in [5.74, 6) is 0.945. The molecule has 0 amide bonds. The molecule has 0 bridgehead atoms. The summed E-state index contributed by atoms with van der Waals surface area (Å²) in [6, 6.07) is 8.00. The van der Waals surface area contributed by atoms with Crippen LogP contribution in [0.4, 0.5) is 11.5 Å². The molecule has 1 fully saturated rings. The van der Waals surface area contributed by atoms with Crippen molar-refractivity contribution in [3.8, 4) is 22.4 Å². The smallest absolute Gasteiger partial charge is 0.195 e. The number of rotatable bonds is 7. The summed E-state index contributed by atoms with van der Waals surface area (Å²) in [5, 5.41) is 4.01. The number of hydrogen-bond acceptors (Lipinski definition) is 8. The zero-order valence-electron chi connectivity index (χ0n) is 17.9. The number of anilines is 2. The molecule has 0 unspecified atom stereocenters. The molecule has 8 heteroatoms. The van der Waals surface area contributed by atoms with Crippen LogP contribution in [-0.2, 0) is 0 Å². The quantitative estimate of drug-likeness (QED) is 0.381. The normalized spacial score (nSPS) is 13.5. The average molecular weight is 445 g/mol. The molecule has 0 radical (unpaired) electrons. The van der Waals surface area contributed by atoms with Gasteiger partial charge in [-0.3, -0.25) is 9.97 Å². The molecule has 1 aliphatic rings. The van der Waals surface area contributed by atoms with Gasteiger partial charge in [-0.2, -0.15) is 0 Å². The van der Waals surface area contributed by atoms with Crippen LogP contribution in [0.15, 0.2) is 76.0 Å². The second kappa shape index (κ2) is 9.40. The first-order valence-electron chi connectivity index (χ1n) is 10.8. The van der Waals surface area contributed by atoms with E-state index in [-0.39, 0.29) is 0 Å². The molecule has 5 heterocycles. The van der Waals surface area contributed by atoms with Crippen molar-refractivity contribution in [3.05, 3.63) is 61.6 Å². The van der Waals surface area contributed by atoms with Gasteiger partial charge in [0.1, 0.15) is 18.3 Å². The lowest BCUT2D eigenvalue weighted by molar-refractivity contribution is 0.562. The van der Waals surface area contributed by atoms with Crippen molar-refractivity contribution in [1.29, 1.82) is 0 Å². The maximum Gasteiger partial charge on any atom is 0.195 e. The highest BCUT2D eigenvalue weighted by Gasteiger charge is 2.25. The highest BCUT2D eigenvalue weighted by atomic mass is 32.2. The average Bonchev–Trinajstić information content (AvgIpc) is 3.53. The summed E-state index contributed by atoms with van der Waals surface area (Å²) < 4.78 is 5.44. The molecular formula is C24H24N6OS. The van der Waals surface area contributed by atoms with Crippen LogP contribution in [0.2, 0.25) is 0 Å². The molecule has 0 aromatic carbocycles. The summed E-state index contributed by atoms with van der Waals surface area (Å²) in [6.45, 7) is 4.84. The maximum atomic E-state index is 5.44. The third-order valence-electron chi connectivity index (χ3n) is 5.36. The van der Waals surface area contributed by atoms with Crippen LogP contribution >= 0.6 is 11.8 Å². The van der Waals surface area contributed by atoms with E-state index >= 15 is 0 Å². The highest BCUT2D eigenvalue weighted by Crippen LogP contribution is 2.41. The first-order valence-corrected chi connectivity index (χ1v) is 11.6. The van der Waals surface area contributed by atoms with Gasteiger partial charge in [-0.25, -0.2) is 9.97 Å². The fourth-order valence-electron chi connectivity index (χ4n) is 3.90. The van der Waals surface area contributed by atoms with Crippen molar-refractivity contribution in [2.45, 2.75) is 29.8 Å². The Morgan fingerprint density at radius 1 is 1.00 bits per heavy atom. The summed E-state index contributed by atoms with van der Waals surface area (Å²) in [4.78, 5) is 22.1. The molecule has 0 atom stereocenters. The SMILES string of the molecule is CCNc1cocc1Sc1nc(-c2cccnc2)c(-c2cccnc2)c(N2CCCC2)n1. The van der Waals surface area contributed by atoms with Crippen molar-refractivity contribution < 1.29 is 4.42 Å². The third-order valence-corrected chi connectivity index (χ3v) is 6.26. The molecule has 1 N–H and O–H groups in total. The molecule has 1 aliphatic heterocycles. The van der Waals surface area contributed by atoms with E-state index in [2.05, 4.69) is 33.2 Å². The number of furan rings is 1. The molecule has 4 aromatic heterocycles. The maximum absolute atomic E-state index is 5.44. The van der Waals surface area contributed by atoms with Gasteiger partial charge in [0.15, 0.2) is 5.16 Å². The van der Waals surface area contributed by atoms with Gasteiger partial charge in [0, 0.05) is 55.5 Å². The molecule has 0 aliphatic carbocycles. The molecule has 32 heavy (non-hydrogen) atoms. The Bertz CT molecular complexity index is 1180. The predicted octanol–water partition coefficient (Wildman–Crippen LogP) is 5.38. The van der Waals surface area contributed by atoms with Crippen LogP contribution in [0.25, 0.3) is 22.4 Å². The van der Waals surface area contributed by atoms with Gasteiger partial charge in [0.05, 0.1) is 21.8 Å². The number of nitrogens with one attached hydrogen (secondary N) is 1. The number of hydrogen-bond donors (Lipinski definition) is 1. The molecule has 0 saturated carbocycles. The van der Waals surface area contributed by atoms with E-state index in [9.17, 15) is 0 Å². The van der Waals surface area contributed by atoms with Crippen LogP contribution in [0.3, 0.4) is 0 Å². The van der Waals surface area contributed by atoms with E-state index in [4.69, 9.17) is 14.4 Å². The standard InChI is InChI=1S/C24H24N6OS/c1-2-27-19-15-31-16-20(19)32-24-28-22(18-8-6-10-26-14-18)21(17-7-5-9-25-13-17)23(29-24)30-11-3-4-12-30/h5-10,13-16,27H,2-4,11-12H2,1H3. The Labute approximate surface area is 191 Å². The Morgan fingerprint density at radius 3 is 2.44 bits per heavy atom. The summed E-state index contributed by atoms with van der Waals surface area (Å²) in [7, 11) is 0. The minimum absolute atomic E-state index is 0.680. The zero-order chi connectivity index (χ0) is 21.8. The van der Waals surface area contributed by atoms with E-state index < -0.39 is 0 Å². The Hall–Kier alpha value is -3.39. The molecule has 1 saturated heterocycles. The van der Waals surface area contributed by atoms with Gasteiger partial charge >= 0.3 is 0 Å². The second-order valence-corrected chi connectivity index (χ2v) is 8.52. The molecule has 7 nitrogen and oxygen atoms in total. The van der Waals surface area contributed by atoms with Gasteiger partial charge in [0.2, 0.25) is 0 Å². The lowest BCUT2D eigenvalue weighted by Gasteiger charge is -2.23. The van der Waals surface area contributed by atoms with Crippen molar-refractivity contribution in [2.24, 2.45) is 0 Å². The number of aromatic nitrogens is 4. The fourth-order valence-corrected chi connectivity index (χ4v) is 4.70. The Kier molecular flexibility index (Phi) is 6.02. The predicted molar refractivity (Wildman–Crippen MR) is 127 cm³/mol. The van der Waals surface area contributed by atoms with Crippen molar-refractivity contribution in [3.63, 3.8) is 0 Å². The summed E-state index contributed by atoms with van der Waals surface area (Å²) in [5.41, 5.74) is 4.76. The summed E-state index contributed by atoms with van der Waals surface area (Å²) >= 11 is 1.51. The minimum atomic E-state index is 0.680. The zero-order valence-corrected chi connectivity index (χ0v) is 18.7. The highest BCUT2D eigenvalue weighted by molar-refractivity contribution is 7.99. The van der Waals surface area contributed by atoms with E-state index in [1.807, 2.05) is 30.6 Å². The van der Waals surface area contributed by atoms with Crippen LogP contribution in [-0.4, -0.2) is 39.6 Å². The fraction of sp³-hybridized carbons (Fsp3) is 0.250. The second-order valence-electron chi connectivity index (χ2n) is 7.51. The minimum Gasteiger partial charge on any atom is -0.469 e. The van der Waals surface area contributed by atoms with Crippen molar-refractivity contribution in [2.75, 3.05) is 29.9 Å².